The highest BCUT2D eigenvalue weighted by Gasteiger charge is 2.42. The van der Waals surface area contributed by atoms with Gasteiger partial charge in [0.05, 0.1) is 46.1 Å². The van der Waals surface area contributed by atoms with Crippen LogP contribution in [0.5, 0.6) is 5.88 Å². The van der Waals surface area contributed by atoms with Crippen molar-refractivity contribution in [3.63, 3.8) is 0 Å². The van der Waals surface area contributed by atoms with Gasteiger partial charge in [0, 0.05) is 24.4 Å². The lowest BCUT2D eigenvalue weighted by molar-refractivity contribution is 0.245. The average molecular weight is 536 g/mol. The van der Waals surface area contributed by atoms with Crippen molar-refractivity contribution in [3.05, 3.63) is 59.7 Å². The molecule has 2 aromatic heterocycles. The maximum Gasteiger partial charge on any atom is 0.322 e. The van der Waals surface area contributed by atoms with Crippen molar-refractivity contribution in [2.45, 2.75) is 62.8 Å². The Labute approximate surface area is 223 Å². The van der Waals surface area contributed by atoms with Crippen LogP contribution in [0.4, 0.5) is 10.5 Å². The van der Waals surface area contributed by atoms with Crippen LogP contribution in [-0.4, -0.2) is 48.8 Å². The normalized spacial score (nSPS) is 18.8. The number of nitrogens with one attached hydrogen (secondary N) is 1. The Morgan fingerprint density at radius 3 is 2.50 bits per heavy atom. The maximum absolute atomic E-state index is 13.3. The van der Waals surface area contributed by atoms with E-state index in [2.05, 4.69) is 29.1 Å². The number of fused-ring (bicyclic) bond motifs is 1. The van der Waals surface area contributed by atoms with Crippen LogP contribution in [0.25, 0.3) is 11.3 Å². The van der Waals surface area contributed by atoms with E-state index in [-0.39, 0.29) is 28.6 Å². The molecule has 0 radical (unpaired) electrons. The molecule has 1 N–H and O–H groups in total. The summed E-state index contributed by atoms with van der Waals surface area (Å²) in [6.45, 7) is 6.65. The van der Waals surface area contributed by atoms with Crippen molar-refractivity contribution in [2.75, 3.05) is 24.3 Å². The van der Waals surface area contributed by atoms with Gasteiger partial charge in [-0.05, 0) is 49.1 Å². The van der Waals surface area contributed by atoms with E-state index in [1.54, 1.807) is 49.5 Å². The fourth-order valence-electron chi connectivity index (χ4n) is 4.92. The third-order valence-electron chi connectivity index (χ3n) is 7.63. The first kappa shape index (κ1) is 26.1. The number of ether oxygens (including phenoxy) is 1. The van der Waals surface area contributed by atoms with E-state index in [4.69, 9.17) is 9.72 Å². The minimum Gasteiger partial charge on any atom is -0.480 e. The molecule has 1 unspecified atom stereocenters. The summed E-state index contributed by atoms with van der Waals surface area (Å²) in [5.74, 6) is 0.959. The molecule has 1 aliphatic carbocycles. The fourth-order valence-corrected chi connectivity index (χ4v) is 5.80. The molecular weight excluding hydrogens is 502 g/mol. The van der Waals surface area contributed by atoms with Gasteiger partial charge < -0.3 is 10.1 Å². The van der Waals surface area contributed by atoms with Crippen LogP contribution in [0, 0.1) is 0 Å². The number of sulfone groups is 1. The molecule has 38 heavy (non-hydrogen) atoms. The molecule has 0 spiro atoms. The highest BCUT2D eigenvalue weighted by molar-refractivity contribution is 7.91. The van der Waals surface area contributed by atoms with E-state index in [1.807, 2.05) is 12.1 Å². The van der Waals surface area contributed by atoms with Crippen LogP contribution in [0.1, 0.15) is 62.9 Å². The lowest BCUT2D eigenvalue weighted by atomic mass is 9.85. The SMILES string of the molecule is CCC1(C)CN(C(=O)NCc2ccc(S(=O)(=O)CC)cc2)c2ccc(-c3c(OC)ncnc3C3CC3)nc21. The summed E-state index contributed by atoms with van der Waals surface area (Å²) in [4.78, 5) is 29.3. The number of aromatic nitrogens is 3. The molecule has 3 heterocycles. The first-order valence-corrected chi connectivity index (χ1v) is 14.6. The predicted molar refractivity (Wildman–Crippen MR) is 145 cm³/mol. The van der Waals surface area contributed by atoms with Gasteiger partial charge in [-0.15, -0.1) is 0 Å². The van der Waals surface area contributed by atoms with Gasteiger partial charge in [0.2, 0.25) is 5.88 Å². The number of methoxy groups -OCH3 is 1. The molecule has 1 fully saturated rings. The molecule has 1 atom stereocenters. The number of rotatable bonds is 8. The van der Waals surface area contributed by atoms with Gasteiger partial charge in [-0.2, -0.15) is 0 Å². The fraction of sp³-hybridized carbons (Fsp3) is 0.429. The molecule has 2 aliphatic rings. The lowest BCUT2D eigenvalue weighted by Crippen LogP contribution is -2.41. The van der Waals surface area contributed by atoms with Crippen LogP contribution in [0.3, 0.4) is 0 Å². The molecule has 1 saturated carbocycles. The minimum absolute atomic E-state index is 0.0510. The summed E-state index contributed by atoms with van der Waals surface area (Å²) in [7, 11) is -1.65. The smallest absolute Gasteiger partial charge is 0.322 e. The summed E-state index contributed by atoms with van der Waals surface area (Å²) in [5, 5.41) is 2.98. The average Bonchev–Trinajstić information content (AvgIpc) is 3.75. The van der Waals surface area contributed by atoms with E-state index < -0.39 is 9.84 Å². The minimum atomic E-state index is -3.26. The number of hydrogen-bond acceptors (Lipinski definition) is 7. The van der Waals surface area contributed by atoms with Crippen molar-refractivity contribution in [1.82, 2.24) is 20.3 Å². The second-order valence-electron chi connectivity index (χ2n) is 10.2. The van der Waals surface area contributed by atoms with Crippen LogP contribution in [-0.2, 0) is 21.8 Å². The maximum atomic E-state index is 13.3. The second kappa shape index (κ2) is 9.98. The highest BCUT2D eigenvalue weighted by atomic mass is 32.2. The third-order valence-corrected chi connectivity index (χ3v) is 9.38. The third kappa shape index (κ3) is 4.73. The number of benzene rings is 1. The van der Waals surface area contributed by atoms with Gasteiger partial charge in [-0.3, -0.25) is 4.90 Å². The molecule has 3 aromatic rings. The van der Waals surface area contributed by atoms with Crippen LogP contribution in [0.15, 0.2) is 47.6 Å². The lowest BCUT2D eigenvalue weighted by Gasteiger charge is -2.23. The summed E-state index contributed by atoms with van der Waals surface area (Å²) in [6.07, 6.45) is 4.54. The van der Waals surface area contributed by atoms with E-state index in [0.717, 1.165) is 53.2 Å². The van der Waals surface area contributed by atoms with E-state index in [9.17, 15) is 13.2 Å². The Kier molecular flexibility index (Phi) is 6.85. The Bertz CT molecular complexity index is 1470. The number of carbonyl (C=O) groups excluding carboxylic acids is 1. The topological polar surface area (TPSA) is 114 Å². The first-order chi connectivity index (χ1) is 18.2. The number of pyridine rings is 1. The standard InChI is InChI=1S/C28H33N5O4S/c1-5-28(3)16-33(27(34)29-15-18-7-11-20(12-8-18)38(35,36)6-2)22-14-13-21(32-25(22)28)23-24(19-9-10-19)30-17-31-26(23)37-4/h7-8,11-14,17,19H,5-6,9-10,15-16H2,1-4H3,(H,29,34). The monoisotopic (exact) mass is 535 g/mol. The van der Waals surface area contributed by atoms with Crippen molar-refractivity contribution < 1.29 is 17.9 Å². The zero-order valence-corrected chi connectivity index (χ0v) is 23.0. The molecule has 2 amide bonds. The zero-order valence-electron chi connectivity index (χ0n) is 22.2. The number of amides is 2. The number of nitrogens with zero attached hydrogens (tertiary/aromatic N) is 4. The molecule has 0 saturated heterocycles. The Balaban J connectivity index is 1.40. The van der Waals surface area contributed by atoms with Crippen molar-refractivity contribution in [1.29, 1.82) is 0 Å². The molecule has 200 valence electrons. The number of anilines is 1. The summed E-state index contributed by atoms with van der Waals surface area (Å²) < 4.78 is 29.7. The number of carbonyl (C=O) groups is 1. The zero-order chi connectivity index (χ0) is 27.1. The van der Waals surface area contributed by atoms with Gasteiger partial charge in [-0.1, -0.05) is 32.9 Å². The van der Waals surface area contributed by atoms with Gasteiger partial charge in [-0.25, -0.2) is 28.2 Å². The van der Waals surface area contributed by atoms with Crippen molar-refractivity contribution >= 4 is 21.6 Å². The summed E-state index contributed by atoms with van der Waals surface area (Å²) in [5.41, 5.74) is 4.71. The van der Waals surface area contributed by atoms with Crippen LogP contribution >= 0.6 is 0 Å². The summed E-state index contributed by atoms with van der Waals surface area (Å²) in [6, 6.07) is 10.3. The van der Waals surface area contributed by atoms with Crippen LogP contribution in [0.2, 0.25) is 0 Å². The summed E-state index contributed by atoms with van der Waals surface area (Å²) >= 11 is 0. The Morgan fingerprint density at radius 2 is 1.87 bits per heavy atom. The number of urea groups is 1. The quantitative estimate of drug-likeness (QED) is 0.448. The second-order valence-corrected chi connectivity index (χ2v) is 12.5. The van der Waals surface area contributed by atoms with Crippen LogP contribution < -0.4 is 15.0 Å². The predicted octanol–water partition coefficient (Wildman–Crippen LogP) is 4.62. The molecule has 9 nitrogen and oxygen atoms in total. The van der Waals surface area contributed by atoms with Gasteiger partial charge >= 0.3 is 6.03 Å². The van der Waals surface area contributed by atoms with Crippen molar-refractivity contribution in [2.24, 2.45) is 0 Å². The van der Waals surface area contributed by atoms with E-state index >= 15 is 0 Å². The van der Waals surface area contributed by atoms with E-state index in [1.165, 1.54) is 0 Å². The highest BCUT2D eigenvalue weighted by Crippen LogP contribution is 2.47. The molecular formula is C28H33N5O4S. The molecule has 1 aliphatic heterocycles. The van der Waals surface area contributed by atoms with Crippen molar-refractivity contribution in [3.8, 4) is 17.1 Å². The Morgan fingerprint density at radius 1 is 1.13 bits per heavy atom. The van der Waals surface area contributed by atoms with E-state index in [0.29, 0.717) is 18.3 Å². The molecule has 10 heteroatoms. The molecule has 5 rings (SSSR count). The molecule has 1 aromatic carbocycles. The van der Waals surface area contributed by atoms with Gasteiger partial charge in [0.15, 0.2) is 9.84 Å². The van der Waals surface area contributed by atoms with Gasteiger partial charge in [0.1, 0.15) is 6.33 Å². The van der Waals surface area contributed by atoms with Gasteiger partial charge in [0.25, 0.3) is 0 Å². The number of hydrogen-bond donors (Lipinski definition) is 1. The largest absolute Gasteiger partial charge is 0.480 e. The Hall–Kier alpha value is -3.53. The first-order valence-electron chi connectivity index (χ1n) is 13.0. The molecule has 0 bridgehead atoms.